The van der Waals surface area contributed by atoms with E-state index < -0.39 is 11.4 Å². The van der Waals surface area contributed by atoms with Gasteiger partial charge in [-0.2, -0.15) is 0 Å². The smallest absolute Gasteiger partial charge is 0.252 e. The molecular weight excluding hydrogens is 283 g/mol. The summed E-state index contributed by atoms with van der Waals surface area (Å²) < 4.78 is 13.5. The number of nitrogens with zero attached hydrogens (tertiary/aromatic N) is 1. The number of amides is 2. The van der Waals surface area contributed by atoms with Crippen LogP contribution in [-0.2, 0) is 9.59 Å². The molecule has 1 aromatic carbocycles. The van der Waals surface area contributed by atoms with Crippen molar-refractivity contribution in [3.8, 4) is 0 Å². The van der Waals surface area contributed by atoms with Gasteiger partial charge in [0, 0.05) is 23.7 Å². The van der Waals surface area contributed by atoms with Crippen LogP contribution in [0.2, 0.25) is 5.02 Å². The molecule has 0 radical (unpaired) electrons. The average Bonchev–Trinajstić information content (AvgIpc) is 2.47. The van der Waals surface area contributed by atoms with Crippen LogP contribution in [0, 0.1) is 5.82 Å². The van der Waals surface area contributed by atoms with E-state index in [0.29, 0.717) is 12.1 Å². The molecule has 1 N–H and O–H groups in total. The lowest BCUT2D eigenvalue weighted by molar-refractivity contribution is -0.129. The molecule has 1 atom stereocenters. The predicted molar refractivity (Wildman–Crippen MR) is 75.2 cm³/mol. The standard InChI is InChI=1S/C14H16ClFN2O2/c1-3-14(2)13(20)18(5-4-12(19)17-14)11-7-9(15)6-10(16)8-11/h6-8H,3-5H2,1-2H3,(H,17,19). The first kappa shape index (κ1) is 14.8. The first-order valence-electron chi connectivity index (χ1n) is 6.45. The van der Waals surface area contributed by atoms with Gasteiger partial charge in [0.1, 0.15) is 11.4 Å². The largest absolute Gasteiger partial charge is 0.342 e. The zero-order chi connectivity index (χ0) is 14.9. The number of rotatable bonds is 2. The van der Waals surface area contributed by atoms with Crippen LogP contribution in [0.25, 0.3) is 0 Å². The van der Waals surface area contributed by atoms with E-state index in [0.717, 1.165) is 0 Å². The summed E-state index contributed by atoms with van der Waals surface area (Å²) in [6.07, 6.45) is 0.632. The Bertz CT molecular complexity index is 544. The maximum absolute atomic E-state index is 13.5. The monoisotopic (exact) mass is 298 g/mol. The summed E-state index contributed by atoms with van der Waals surface area (Å²) in [7, 11) is 0. The Hall–Kier alpha value is -1.62. The fraction of sp³-hybridized carbons (Fsp3) is 0.429. The van der Waals surface area contributed by atoms with Crippen molar-refractivity contribution in [2.45, 2.75) is 32.2 Å². The highest BCUT2D eigenvalue weighted by Crippen LogP contribution is 2.27. The number of anilines is 1. The third kappa shape index (κ3) is 2.77. The van der Waals surface area contributed by atoms with Gasteiger partial charge < -0.3 is 10.2 Å². The van der Waals surface area contributed by atoms with Crippen LogP contribution in [0.4, 0.5) is 10.1 Å². The maximum atomic E-state index is 13.5. The van der Waals surface area contributed by atoms with Gasteiger partial charge >= 0.3 is 0 Å². The first-order chi connectivity index (χ1) is 9.35. The van der Waals surface area contributed by atoms with Crippen LogP contribution in [0.1, 0.15) is 26.7 Å². The van der Waals surface area contributed by atoms with Gasteiger partial charge in [-0.15, -0.1) is 0 Å². The van der Waals surface area contributed by atoms with Gasteiger partial charge in [-0.25, -0.2) is 4.39 Å². The molecule has 1 aliphatic rings. The van der Waals surface area contributed by atoms with E-state index in [1.807, 2.05) is 6.92 Å². The number of halogens is 2. The molecule has 4 nitrogen and oxygen atoms in total. The molecule has 0 saturated carbocycles. The number of nitrogens with one attached hydrogen (secondary N) is 1. The molecule has 2 amide bonds. The molecule has 0 spiro atoms. The Labute approximate surface area is 121 Å². The minimum atomic E-state index is -0.980. The van der Waals surface area contributed by atoms with Gasteiger partial charge in [-0.1, -0.05) is 18.5 Å². The van der Waals surface area contributed by atoms with Gasteiger partial charge in [-0.05, 0) is 31.5 Å². The lowest BCUT2D eigenvalue weighted by atomic mass is 9.97. The molecule has 2 rings (SSSR count). The average molecular weight is 299 g/mol. The molecule has 6 heteroatoms. The van der Waals surface area contributed by atoms with Crippen molar-refractivity contribution in [2.75, 3.05) is 11.4 Å². The lowest BCUT2D eigenvalue weighted by Gasteiger charge is -2.31. The van der Waals surface area contributed by atoms with Gasteiger partial charge in [0.25, 0.3) is 5.91 Å². The van der Waals surface area contributed by atoms with Crippen LogP contribution in [0.5, 0.6) is 0 Å². The normalized spacial score (nSPS) is 23.5. The van der Waals surface area contributed by atoms with Crippen molar-refractivity contribution in [1.29, 1.82) is 0 Å². The van der Waals surface area contributed by atoms with Gasteiger partial charge in [-0.3, -0.25) is 9.59 Å². The summed E-state index contributed by atoms with van der Waals surface area (Å²) in [6, 6.07) is 3.94. The van der Waals surface area contributed by atoms with E-state index in [-0.39, 0.29) is 29.8 Å². The second-order valence-electron chi connectivity index (χ2n) is 5.07. The molecule has 108 valence electrons. The minimum Gasteiger partial charge on any atom is -0.342 e. The quantitative estimate of drug-likeness (QED) is 0.912. The summed E-state index contributed by atoms with van der Waals surface area (Å²) in [5, 5.41) is 2.94. The Balaban J connectivity index is 2.43. The van der Waals surface area contributed by atoms with Gasteiger partial charge in [0.15, 0.2) is 0 Å². The second kappa shape index (κ2) is 5.40. The molecule has 0 aliphatic carbocycles. The Morgan fingerprint density at radius 2 is 2.10 bits per heavy atom. The summed E-state index contributed by atoms with van der Waals surface area (Å²) in [5.41, 5.74) is -0.608. The highest BCUT2D eigenvalue weighted by atomic mass is 35.5. The van der Waals surface area contributed by atoms with E-state index in [9.17, 15) is 14.0 Å². The SMILES string of the molecule is CCC1(C)NC(=O)CCN(c2cc(F)cc(Cl)c2)C1=O. The van der Waals surface area contributed by atoms with Gasteiger partial charge in [0.2, 0.25) is 5.91 Å². The van der Waals surface area contributed by atoms with E-state index in [4.69, 9.17) is 11.6 Å². The van der Waals surface area contributed by atoms with Gasteiger partial charge in [0.05, 0.1) is 0 Å². The van der Waals surface area contributed by atoms with Crippen LogP contribution >= 0.6 is 11.6 Å². The molecule has 1 saturated heterocycles. The van der Waals surface area contributed by atoms with E-state index in [1.165, 1.54) is 23.1 Å². The Kier molecular flexibility index (Phi) is 3.99. The van der Waals surface area contributed by atoms with Crippen molar-refractivity contribution >= 4 is 29.1 Å². The second-order valence-corrected chi connectivity index (χ2v) is 5.50. The summed E-state index contributed by atoms with van der Waals surface area (Å²) in [4.78, 5) is 25.7. The predicted octanol–water partition coefficient (Wildman–Crippen LogP) is 2.50. The van der Waals surface area contributed by atoms with Crippen LogP contribution < -0.4 is 10.2 Å². The molecule has 0 aromatic heterocycles. The van der Waals surface area contributed by atoms with E-state index in [1.54, 1.807) is 6.92 Å². The molecular formula is C14H16ClFN2O2. The van der Waals surface area contributed by atoms with Crippen LogP contribution in [0.3, 0.4) is 0 Å². The van der Waals surface area contributed by atoms with Crippen LogP contribution in [0.15, 0.2) is 18.2 Å². The Morgan fingerprint density at radius 1 is 1.40 bits per heavy atom. The fourth-order valence-corrected chi connectivity index (χ4v) is 2.43. The first-order valence-corrected chi connectivity index (χ1v) is 6.82. The number of benzene rings is 1. The summed E-state index contributed by atoms with van der Waals surface area (Å²) in [5.74, 6) is -0.956. The number of carbonyl (C=O) groups excluding carboxylic acids is 2. The highest BCUT2D eigenvalue weighted by molar-refractivity contribution is 6.31. The van der Waals surface area contributed by atoms with Crippen molar-refractivity contribution in [2.24, 2.45) is 0 Å². The lowest BCUT2D eigenvalue weighted by Crippen LogP contribution is -2.54. The van der Waals surface area contributed by atoms with Crippen molar-refractivity contribution in [3.05, 3.63) is 29.0 Å². The molecule has 1 aliphatic heterocycles. The van der Waals surface area contributed by atoms with E-state index in [2.05, 4.69) is 5.32 Å². The molecule has 1 heterocycles. The molecule has 1 aromatic rings. The van der Waals surface area contributed by atoms with Crippen molar-refractivity contribution < 1.29 is 14.0 Å². The number of hydrogen-bond acceptors (Lipinski definition) is 2. The number of carbonyl (C=O) groups is 2. The minimum absolute atomic E-state index is 0.176. The fourth-order valence-electron chi connectivity index (χ4n) is 2.22. The zero-order valence-corrected chi connectivity index (χ0v) is 12.1. The molecule has 1 unspecified atom stereocenters. The zero-order valence-electron chi connectivity index (χ0n) is 11.4. The third-order valence-corrected chi connectivity index (χ3v) is 3.78. The van der Waals surface area contributed by atoms with Crippen molar-refractivity contribution in [1.82, 2.24) is 5.32 Å². The molecule has 1 fully saturated rings. The van der Waals surface area contributed by atoms with Crippen molar-refractivity contribution in [3.63, 3.8) is 0 Å². The number of hydrogen-bond donors (Lipinski definition) is 1. The topological polar surface area (TPSA) is 49.4 Å². The molecule has 0 bridgehead atoms. The highest BCUT2D eigenvalue weighted by Gasteiger charge is 2.39. The van der Waals surface area contributed by atoms with Crippen LogP contribution in [-0.4, -0.2) is 23.9 Å². The maximum Gasteiger partial charge on any atom is 0.252 e. The summed E-state index contributed by atoms with van der Waals surface area (Å²) >= 11 is 5.83. The third-order valence-electron chi connectivity index (χ3n) is 3.56. The Morgan fingerprint density at radius 3 is 2.70 bits per heavy atom. The van der Waals surface area contributed by atoms with E-state index >= 15 is 0 Å². The molecule has 20 heavy (non-hydrogen) atoms. The summed E-state index contributed by atoms with van der Waals surface area (Å²) in [6.45, 7) is 3.70.